The van der Waals surface area contributed by atoms with Gasteiger partial charge in [-0.25, -0.2) is 4.79 Å². The minimum absolute atomic E-state index is 0.0530. The molecule has 2 fully saturated rings. The monoisotopic (exact) mass is 343 g/mol. The average Bonchev–Trinajstić information content (AvgIpc) is 2.97. The summed E-state index contributed by atoms with van der Waals surface area (Å²) in [5, 5.41) is 3.21. The molecule has 25 heavy (non-hydrogen) atoms. The summed E-state index contributed by atoms with van der Waals surface area (Å²) in [5.74, 6) is 0.125. The van der Waals surface area contributed by atoms with E-state index in [2.05, 4.69) is 36.5 Å². The van der Waals surface area contributed by atoms with Crippen molar-refractivity contribution >= 4 is 11.9 Å². The summed E-state index contributed by atoms with van der Waals surface area (Å²) in [6.07, 6.45) is 4.67. The van der Waals surface area contributed by atoms with Gasteiger partial charge in [-0.3, -0.25) is 4.79 Å². The predicted octanol–water partition coefficient (Wildman–Crippen LogP) is 2.80. The molecule has 5 heteroatoms. The second-order valence-corrected chi connectivity index (χ2v) is 7.64. The number of piperidine rings is 1. The van der Waals surface area contributed by atoms with Crippen molar-refractivity contribution in [2.45, 2.75) is 57.5 Å². The van der Waals surface area contributed by atoms with E-state index in [0.717, 1.165) is 51.7 Å². The molecule has 0 radical (unpaired) electrons. The van der Waals surface area contributed by atoms with E-state index < -0.39 is 0 Å². The Balaban J connectivity index is 1.58. The molecule has 2 heterocycles. The first-order valence-corrected chi connectivity index (χ1v) is 9.35. The Kier molecular flexibility index (Phi) is 5.30. The maximum Gasteiger partial charge on any atom is 0.318 e. The number of likely N-dealkylation sites (tertiary alicyclic amines) is 2. The highest BCUT2D eigenvalue weighted by molar-refractivity contribution is 5.76. The van der Waals surface area contributed by atoms with Crippen LogP contribution >= 0.6 is 0 Å². The van der Waals surface area contributed by atoms with Crippen molar-refractivity contribution in [2.24, 2.45) is 0 Å². The fourth-order valence-corrected chi connectivity index (χ4v) is 4.18. The molecule has 1 aromatic rings. The van der Waals surface area contributed by atoms with E-state index in [9.17, 15) is 9.59 Å². The highest BCUT2D eigenvalue weighted by atomic mass is 16.2. The molecule has 2 aliphatic heterocycles. The summed E-state index contributed by atoms with van der Waals surface area (Å²) in [6.45, 7) is 6.10. The van der Waals surface area contributed by atoms with Gasteiger partial charge in [0.25, 0.3) is 0 Å². The molecule has 2 aliphatic rings. The molecule has 1 atom stereocenters. The normalized spacial score (nSPS) is 24.4. The van der Waals surface area contributed by atoms with E-state index in [0.29, 0.717) is 0 Å². The lowest BCUT2D eigenvalue weighted by molar-refractivity contribution is -0.129. The van der Waals surface area contributed by atoms with Gasteiger partial charge in [0.15, 0.2) is 0 Å². The zero-order chi connectivity index (χ0) is 17.9. The van der Waals surface area contributed by atoms with Crippen LogP contribution in [0.5, 0.6) is 0 Å². The number of carbonyl (C=O) groups excluding carboxylic acids is 2. The molecule has 1 N–H and O–H groups in total. The molecule has 3 rings (SSSR count). The molecular weight excluding hydrogens is 314 g/mol. The third kappa shape index (κ3) is 4.14. The number of rotatable bonds is 3. The van der Waals surface area contributed by atoms with Crippen LogP contribution in [0, 0.1) is 0 Å². The van der Waals surface area contributed by atoms with Crippen LogP contribution < -0.4 is 5.32 Å². The summed E-state index contributed by atoms with van der Waals surface area (Å²) in [7, 11) is 0. The Morgan fingerprint density at radius 1 is 1.16 bits per heavy atom. The maximum atomic E-state index is 12.9. The molecule has 3 amide bonds. The first-order valence-electron chi connectivity index (χ1n) is 9.35. The third-order valence-electron chi connectivity index (χ3n) is 5.69. The minimum Gasteiger partial charge on any atom is -0.343 e. The zero-order valence-electron chi connectivity index (χ0n) is 15.3. The number of urea groups is 1. The smallest absolute Gasteiger partial charge is 0.318 e. The molecule has 2 saturated heterocycles. The van der Waals surface area contributed by atoms with Crippen LogP contribution in [0.1, 0.15) is 45.1 Å². The highest BCUT2D eigenvalue weighted by Crippen LogP contribution is 2.32. The van der Waals surface area contributed by atoms with Crippen molar-refractivity contribution in [1.29, 1.82) is 0 Å². The van der Waals surface area contributed by atoms with Crippen LogP contribution in [-0.2, 0) is 11.2 Å². The standard InChI is InChI=1S/C20H29N3O2/c1-16(24)22-13-9-18(10-14-22)21-19(25)23-12-6-11-20(23,2)15-17-7-4-3-5-8-17/h3-5,7-8,18H,6,9-15H2,1-2H3,(H,21,25). The summed E-state index contributed by atoms with van der Waals surface area (Å²) in [4.78, 5) is 28.2. The second-order valence-electron chi connectivity index (χ2n) is 7.64. The minimum atomic E-state index is -0.120. The number of carbonyl (C=O) groups is 2. The average molecular weight is 343 g/mol. The fraction of sp³-hybridized carbons (Fsp3) is 0.600. The van der Waals surface area contributed by atoms with Gasteiger partial charge < -0.3 is 15.1 Å². The summed E-state index contributed by atoms with van der Waals surface area (Å²) in [6, 6.07) is 10.6. The van der Waals surface area contributed by atoms with Crippen LogP contribution in [0.4, 0.5) is 4.79 Å². The molecule has 136 valence electrons. The lowest BCUT2D eigenvalue weighted by Crippen LogP contribution is -2.54. The van der Waals surface area contributed by atoms with Gasteiger partial charge in [0.1, 0.15) is 0 Å². The quantitative estimate of drug-likeness (QED) is 0.917. The first kappa shape index (κ1) is 17.8. The van der Waals surface area contributed by atoms with Gasteiger partial charge in [0.2, 0.25) is 5.91 Å². The van der Waals surface area contributed by atoms with Crippen LogP contribution in [0.2, 0.25) is 0 Å². The van der Waals surface area contributed by atoms with Crippen molar-refractivity contribution in [3.8, 4) is 0 Å². The molecule has 0 bridgehead atoms. The molecule has 5 nitrogen and oxygen atoms in total. The predicted molar refractivity (Wildman–Crippen MR) is 98.3 cm³/mol. The van der Waals surface area contributed by atoms with Crippen LogP contribution in [-0.4, -0.2) is 53.0 Å². The number of benzene rings is 1. The molecule has 0 aliphatic carbocycles. The van der Waals surface area contributed by atoms with Gasteiger partial charge in [-0.1, -0.05) is 30.3 Å². The Hall–Kier alpha value is -2.04. The fourth-order valence-electron chi connectivity index (χ4n) is 4.18. The number of hydrogen-bond donors (Lipinski definition) is 1. The summed E-state index contributed by atoms with van der Waals surface area (Å²) in [5.41, 5.74) is 1.16. The van der Waals surface area contributed by atoms with Crippen molar-refractivity contribution in [3.05, 3.63) is 35.9 Å². The van der Waals surface area contributed by atoms with E-state index in [-0.39, 0.29) is 23.5 Å². The van der Waals surface area contributed by atoms with Gasteiger partial charge in [-0.15, -0.1) is 0 Å². The lowest BCUT2D eigenvalue weighted by atomic mass is 9.90. The van der Waals surface area contributed by atoms with Gasteiger partial charge in [0, 0.05) is 38.1 Å². The van der Waals surface area contributed by atoms with Crippen molar-refractivity contribution in [3.63, 3.8) is 0 Å². The number of nitrogens with one attached hydrogen (secondary N) is 1. The van der Waals surface area contributed by atoms with Crippen LogP contribution in [0.25, 0.3) is 0 Å². The van der Waals surface area contributed by atoms with E-state index in [1.54, 1.807) is 6.92 Å². The Morgan fingerprint density at radius 3 is 2.48 bits per heavy atom. The van der Waals surface area contributed by atoms with Gasteiger partial charge >= 0.3 is 6.03 Å². The van der Waals surface area contributed by atoms with Crippen LogP contribution in [0.3, 0.4) is 0 Å². The van der Waals surface area contributed by atoms with E-state index in [4.69, 9.17) is 0 Å². The van der Waals surface area contributed by atoms with E-state index >= 15 is 0 Å². The largest absolute Gasteiger partial charge is 0.343 e. The number of nitrogens with zero attached hydrogens (tertiary/aromatic N) is 2. The molecule has 0 spiro atoms. The zero-order valence-corrected chi connectivity index (χ0v) is 15.3. The summed E-state index contributed by atoms with van der Waals surface area (Å²) >= 11 is 0. The third-order valence-corrected chi connectivity index (χ3v) is 5.69. The molecule has 1 aromatic carbocycles. The van der Waals surface area contributed by atoms with Crippen molar-refractivity contribution < 1.29 is 9.59 Å². The molecular formula is C20H29N3O2. The summed E-state index contributed by atoms with van der Waals surface area (Å²) < 4.78 is 0. The topological polar surface area (TPSA) is 52.7 Å². The van der Waals surface area contributed by atoms with Crippen LogP contribution in [0.15, 0.2) is 30.3 Å². The number of hydrogen-bond acceptors (Lipinski definition) is 2. The Morgan fingerprint density at radius 2 is 1.84 bits per heavy atom. The van der Waals surface area contributed by atoms with Gasteiger partial charge in [-0.2, -0.15) is 0 Å². The number of amides is 3. The van der Waals surface area contributed by atoms with Crippen molar-refractivity contribution in [2.75, 3.05) is 19.6 Å². The van der Waals surface area contributed by atoms with E-state index in [1.165, 1.54) is 5.56 Å². The maximum absolute atomic E-state index is 12.9. The molecule has 0 saturated carbocycles. The first-order chi connectivity index (χ1) is 12.0. The van der Waals surface area contributed by atoms with Gasteiger partial charge in [-0.05, 0) is 44.6 Å². The van der Waals surface area contributed by atoms with E-state index in [1.807, 2.05) is 15.9 Å². The second kappa shape index (κ2) is 7.46. The Bertz CT molecular complexity index is 611. The Labute approximate surface area is 150 Å². The molecule has 0 aromatic heterocycles. The molecule has 1 unspecified atom stereocenters. The van der Waals surface area contributed by atoms with Crippen molar-refractivity contribution in [1.82, 2.24) is 15.1 Å². The van der Waals surface area contributed by atoms with Gasteiger partial charge in [0.05, 0.1) is 0 Å². The lowest BCUT2D eigenvalue weighted by Gasteiger charge is -2.38. The highest BCUT2D eigenvalue weighted by Gasteiger charge is 2.40. The SMILES string of the molecule is CC(=O)N1CCC(NC(=O)N2CCCC2(C)Cc2ccccc2)CC1.